The van der Waals surface area contributed by atoms with Crippen LogP contribution in [0.25, 0.3) is 0 Å². The topological polar surface area (TPSA) is 41.1 Å². The molecule has 0 aromatic heterocycles. The van der Waals surface area contributed by atoms with E-state index in [0.29, 0.717) is 17.1 Å². The number of benzene rings is 1. The fourth-order valence-electron chi connectivity index (χ4n) is 1.37. The maximum Gasteiger partial charge on any atom is 0.253 e. The van der Waals surface area contributed by atoms with E-state index in [1.54, 1.807) is 12.1 Å². The molecule has 0 saturated carbocycles. The third-order valence-electron chi connectivity index (χ3n) is 2.13. The molecule has 0 fully saturated rings. The Morgan fingerprint density at radius 1 is 1.38 bits per heavy atom. The Balaban J connectivity index is 2.93. The average molecular weight is 241 g/mol. The Morgan fingerprint density at radius 2 is 2.12 bits per heavy atom. The van der Waals surface area contributed by atoms with Gasteiger partial charge in [0.25, 0.3) is 5.91 Å². The molecule has 2 N–H and O–H groups in total. The quantitative estimate of drug-likeness (QED) is 0.831. The minimum atomic E-state index is -0.0939. The maximum absolute atomic E-state index is 11.8. The molecule has 1 rings (SSSR count). The van der Waals surface area contributed by atoms with Crippen molar-refractivity contribution in [2.75, 3.05) is 18.4 Å². The largest absolute Gasteiger partial charge is 0.384 e. The standard InChI is InChI=1S/C12H17ClN2O/c1-3-7-15-11-6-5-9(13)8-10(11)12(16)14-4-2/h5-6,8,15H,3-4,7H2,1-2H3,(H,14,16). The summed E-state index contributed by atoms with van der Waals surface area (Å²) in [6, 6.07) is 5.30. The van der Waals surface area contributed by atoms with Crippen molar-refractivity contribution in [3.8, 4) is 0 Å². The van der Waals surface area contributed by atoms with E-state index in [4.69, 9.17) is 11.6 Å². The van der Waals surface area contributed by atoms with Crippen LogP contribution in [0.1, 0.15) is 30.6 Å². The molecule has 3 nitrogen and oxygen atoms in total. The summed E-state index contributed by atoms with van der Waals surface area (Å²) in [5.41, 5.74) is 1.43. The normalized spacial score (nSPS) is 9.94. The lowest BCUT2D eigenvalue weighted by atomic mass is 10.1. The molecule has 0 atom stereocenters. The SMILES string of the molecule is CCCNc1ccc(Cl)cc1C(=O)NCC. The van der Waals surface area contributed by atoms with Crippen molar-refractivity contribution < 1.29 is 4.79 Å². The number of hydrogen-bond acceptors (Lipinski definition) is 2. The van der Waals surface area contributed by atoms with Crippen LogP contribution in [-0.2, 0) is 0 Å². The van der Waals surface area contributed by atoms with E-state index in [9.17, 15) is 4.79 Å². The second-order valence-electron chi connectivity index (χ2n) is 3.48. The van der Waals surface area contributed by atoms with Gasteiger partial charge in [-0.2, -0.15) is 0 Å². The van der Waals surface area contributed by atoms with Crippen LogP contribution < -0.4 is 10.6 Å². The van der Waals surface area contributed by atoms with Gasteiger partial charge < -0.3 is 10.6 Å². The van der Waals surface area contributed by atoms with Gasteiger partial charge in [-0.1, -0.05) is 18.5 Å². The van der Waals surface area contributed by atoms with Gasteiger partial charge in [0.05, 0.1) is 5.56 Å². The fourth-order valence-corrected chi connectivity index (χ4v) is 1.55. The second-order valence-corrected chi connectivity index (χ2v) is 3.91. The van der Waals surface area contributed by atoms with Gasteiger partial charge in [0.1, 0.15) is 0 Å². The lowest BCUT2D eigenvalue weighted by Crippen LogP contribution is -2.24. The van der Waals surface area contributed by atoms with E-state index >= 15 is 0 Å². The molecule has 0 saturated heterocycles. The molecule has 1 aromatic rings. The van der Waals surface area contributed by atoms with Crippen LogP contribution in [0.3, 0.4) is 0 Å². The maximum atomic E-state index is 11.8. The zero-order valence-corrected chi connectivity index (χ0v) is 10.4. The number of nitrogens with one attached hydrogen (secondary N) is 2. The van der Waals surface area contributed by atoms with Crippen LogP contribution in [0, 0.1) is 0 Å². The average Bonchev–Trinajstić information content (AvgIpc) is 2.27. The zero-order valence-electron chi connectivity index (χ0n) is 9.64. The van der Waals surface area contributed by atoms with E-state index in [1.807, 2.05) is 13.0 Å². The minimum absolute atomic E-state index is 0.0939. The Bertz CT molecular complexity index is 366. The Kier molecular flexibility index (Phi) is 5.12. The number of halogens is 1. The zero-order chi connectivity index (χ0) is 12.0. The van der Waals surface area contributed by atoms with Gasteiger partial charge in [0.2, 0.25) is 0 Å². The number of rotatable bonds is 5. The van der Waals surface area contributed by atoms with Crippen LogP contribution in [-0.4, -0.2) is 19.0 Å². The molecule has 0 aliphatic heterocycles. The van der Waals surface area contributed by atoms with Crippen molar-refractivity contribution in [3.63, 3.8) is 0 Å². The van der Waals surface area contributed by atoms with Crippen molar-refractivity contribution in [2.24, 2.45) is 0 Å². The van der Waals surface area contributed by atoms with Gasteiger partial charge in [-0.05, 0) is 31.5 Å². The first kappa shape index (κ1) is 12.8. The molecule has 0 unspecified atom stereocenters. The van der Waals surface area contributed by atoms with Crippen LogP contribution in [0.4, 0.5) is 5.69 Å². The number of anilines is 1. The Labute approximate surface area is 101 Å². The van der Waals surface area contributed by atoms with Crippen molar-refractivity contribution in [1.29, 1.82) is 0 Å². The molecule has 4 heteroatoms. The Morgan fingerprint density at radius 3 is 2.75 bits per heavy atom. The summed E-state index contributed by atoms with van der Waals surface area (Å²) >= 11 is 5.89. The summed E-state index contributed by atoms with van der Waals surface area (Å²) < 4.78 is 0. The molecule has 0 spiro atoms. The van der Waals surface area contributed by atoms with Gasteiger partial charge in [0, 0.05) is 23.8 Å². The van der Waals surface area contributed by atoms with Gasteiger partial charge in [-0.3, -0.25) is 4.79 Å². The highest BCUT2D eigenvalue weighted by Gasteiger charge is 2.10. The molecule has 0 radical (unpaired) electrons. The van der Waals surface area contributed by atoms with Crippen LogP contribution in [0.2, 0.25) is 5.02 Å². The summed E-state index contributed by atoms with van der Waals surface area (Å²) in [5, 5.41) is 6.55. The van der Waals surface area contributed by atoms with Crippen molar-refractivity contribution in [2.45, 2.75) is 20.3 Å². The highest BCUT2D eigenvalue weighted by atomic mass is 35.5. The molecule has 0 bridgehead atoms. The van der Waals surface area contributed by atoms with Gasteiger partial charge >= 0.3 is 0 Å². The number of amides is 1. The van der Waals surface area contributed by atoms with Gasteiger partial charge in [-0.15, -0.1) is 0 Å². The van der Waals surface area contributed by atoms with Crippen molar-refractivity contribution in [3.05, 3.63) is 28.8 Å². The molecule has 88 valence electrons. The smallest absolute Gasteiger partial charge is 0.253 e. The number of carbonyl (C=O) groups is 1. The molecule has 0 aliphatic rings. The van der Waals surface area contributed by atoms with E-state index < -0.39 is 0 Å². The molecule has 0 heterocycles. The molecule has 16 heavy (non-hydrogen) atoms. The van der Waals surface area contributed by atoms with E-state index in [-0.39, 0.29) is 5.91 Å². The number of carbonyl (C=O) groups excluding carboxylic acids is 1. The summed E-state index contributed by atoms with van der Waals surface area (Å²) in [5.74, 6) is -0.0939. The van der Waals surface area contributed by atoms with E-state index in [0.717, 1.165) is 18.7 Å². The molecule has 1 aromatic carbocycles. The summed E-state index contributed by atoms with van der Waals surface area (Å²) in [6.45, 7) is 5.42. The van der Waals surface area contributed by atoms with Crippen LogP contribution >= 0.6 is 11.6 Å². The first-order valence-corrected chi connectivity index (χ1v) is 5.88. The predicted octanol–water partition coefficient (Wildman–Crippen LogP) is 2.91. The third-order valence-corrected chi connectivity index (χ3v) is 2.36. The molecular formula is C12H17ClN2O. The summed E-state index contributed by atoms with van der Waals surface area (Å²) in [6.07, 6.45) is 1.01. The molecular weight excluding hydrogens is 224 g/mol. The molecule has 0 aliphatic carbocycles. The van der Waals surface area contributed by atoms with E-state index in [2.05, 4.69) is 17.6 Å². The second kappa shape index (κ2) is 6.38. The molecule has 1 amide bonds. The first-order chi connectivity index (χ1) is 7.69. The van der Waals surface area contributed by atoms with Gasteiger partial charge in [0.15, 0.2) is 0 Å². The highest BCUT2D eigenvalue weighted by Crippen LogP contribution is 2.20. The summed E-state index contributed by atoms with van der Waals surface area (Å²) in [4.78, 5) is 11.8. The van der Waals surface area contributed by atoms with Crippen molar-refractivity contribution >= 4 is 23.2 Å². The van der Waals surface area contributed by atoms with Crippen LogP contribution in [0.15, 0.2) is 18.2 Å². The first-order valence-electron chi connectivity index (χ1n) is 5.50. The summed E-state index contributed by atoms with van der Waals surface area (Å²) in [7, 11) is 0. The lowest BCUT2D eigenvalue weighted by Gasteiger charge is -2.11. The monoisotopic (exact) mass is 240 g/mol. The lowest BCUT2D eigenvalue weighted by molar-refractivity contribution is 0.0956. The van der Waals surface area contributed by atoms with Gasteiger partial charge in [-0.25, -0.2) is 0 Å². The Hall–Kier alpha value is -1.22. The van der Waals surface area contributed by atoms with E-state index in [1.165, 1.54) is 0 Å². The highest BCUT2D eigenvalue weighted by molar-refractivity contribution is 6.31. The number of hydrogen-bond donors (Lipinski definition) is 2. The third kappa shape index (κ3) is 3.42. The van der Waals surface area contributed by atoms with Crippen molar-refractivity contribution in [1.82, 2.24) is 5.32 Å². The predicted molar refractivity (Wildman–Crippen MR) is 68.2 cm³/mol. The fraction of sp³-hybridized carbons (Fsp3) is 0.417. The van der Waals surface area contributed by atoms with Crippen LogP contribution in [0.5, 0.6) is 0 Å². The minimum Gasteiger partial charge on any atom is -0.384 e.